The van der Waals surface area contributed by atoms with E-state index in [0.717, 1.165) is 31.2 Å². The van der Waals surface area contributed by atoms with Gasteiger partial charge in [-0.3, -0.25) is 15.5 Å². The Bertz CT molecular complexity index is 869. The van der Waals surface area contributed by atoms with Crippen LogP contribution >= 0.6 is 22.7 Å². The Labute approximate surface area is 133 Å². The van der Waals surface area contributed by atoms with Crippen LogP contribution in [0.25, 0.3) is 10.1 Å². The molecule has 3 N–H and O–H groups in total. The summed E-state index contributed by atoms with van der Waals surface area (Å²) in [7, 11) is 0. The van der Waals surface area contributed by atoms with Gasteiger partial charge in [-0.2, -0.15) is 0 Å². The minimum atomic E-state index is -0.408. The maximum Gasteiger partial charge on any atom is 0.324 e. The quantitative estimate of drug-likeness (QED) is 0.321. The van der Waals surface area contributed by atoms with Crippen molar-refractivity contribution in [3.05, 3.63) is 56.3 Å². The SMILES string of the molecule is N=C(N)c1cc2ccc(OCc3ccc([N+](=O)[O-])s3)cc2s1. The topological polar surface area (TPSA) is 102 Å². The highest BCUT2D eigenvalue weighted by Gasteiger charge is 2.10. The molecule has 112 valence electrons. The Hall–Kier alpha value is -2.45. The standard InChI is InChI=1S/C14H11N3O3S2/c15-14(16)12-5-8-1-2-9(6-11(8)22-12)20-7-10-3-4-13(21-10)17(18)19/h1-6H,7H2,(H3,15,16). The molecule has 1 aromatic carbocycles. The summed E-state index contributed by atoms with van der Waals surface area (Å²) in [5, 5.41) is 19.2. The van der Waals surface area contributed by atoms with E-state index in [2.05, 4.69) is 0 Å². The first-order valence-electron chi connectivity index (χ1n) is 6.27. The summed E-state index contributed by atoms with van der Waals surface area (Å²) >= 11 is 2.54. The lowest BCUT2D eigenvalue weighted by Crippen LogP contribution is -2.08. The van der Waals surface area contributed by atoms with Gasteiger partial charge in [-0.05, 0) is 35.7 Å². The number of nitro groups is 1. The second-order valence-corrected chi connectivity index (χ2v) is 6.74. The van der Waals surface area contributed by atoms with Crippen LogP contribution in [0, 0.1) is 15.5 Å². The largest absolute Gasteiger partial charge is 0.488 e. The van der Waals surface area contributed by atoms with Crippen LogP contribution in [0.1, 0.15) is 9.75 Å². The predicted molar refractivity (Wildman–Crippen MR) is 88.1 cm³/mol. The van der Waals surface area contributed by atoms with Crippen molar-refractivity contribution in [2.75, 3.05) is 0 Å². The lowest BCUT2D eigenvalue weighted by atomic mass is 10.2. The van der Waals surface area contributed by atoms with Crippen molar-refractivity contribution in [2.24, 2.45) is 5.73 Å². The van der Waals surface area contributed by atoms with Crippen LogP contribution in [0.15, 0.2) is 36.4 Å². The van der Waals surface area contributed by atoms with E-state index in [0.29, 0.717) is 5.75 Å². The number of nitrogens with two attached hydrogens (primary N) is 1. The number of nitrogens with zero attached hydrogens (tertiary/aromatic N) is 1. The Kier molecular flexibility index (Phi) is 3.78. The number of rotatable bonds is 5. The number of thiophene rings is 2. The van der Waals surface area contributed by atoms with E-state index in [1.807, 2.05) is 24.3 Å². The fourth-order valence-corrected chi connectivity index (χ4v) is 3.62. The Balaban J connectivity index is 1.75. The minimum absolute atomic E-state index is 0.0505. The highest BCUT2D eigenvalue weighted by molar-refractivity contribution is 7.20. The molecule has 0 radical (unpaired) electrons. The molecule has 6 nitrogen and oxygen atoms in total. The van der Waals surface area contributed by atoms with Crippen LogP contribution in [0.3, 0.4) is 0 Å². The third kappa shape index (κ3) is 2.92. The van der Waals surface area contributed by atoms with Crippen LogP contribution in [0.5, 0.6) is 5.75 Å². The van der Waals surface area contributed by atoms with Crippen LogP contribution < -0.4 is 10.5 Å². The lowest BCUT2D eigenvalue weighted by molar-refractivity contribution is -0.380. The monoisotopic (exact) mass is 333 g/mol. The molecule has 0 unspecified atom stereocenters. The normalized spacial score (nSPS) is 10.7. The van der Waals surface area contributed by atoms with Gasteiger partial charge in [0.2, 0.25) is 0 Å². The van der Waals surface area contributed by atoms with Gasteiger partial charge in [-0.1, -0.05) is 11.3 Å². The van der Waals surface area contributed by atoms with Gasteiger partial charge in [-0.15, -0.1) is 11.3 Å². The number of amidine groups is 1. The van der Waals surface area contributed by atoms with E-state index in [1.165, 1.54) is 17.4 Å². The molecule has 0 aliphatic heterocycles. The van der Waals surface area contributed by atoms with Gasteiger partial charge < -0.3 is 10.5 Å². The van der Waals surface area contributed by atoms with Crippen molar-refractivity contribution >= 4 is 43.6 Å². The highest BCUT2D eigenvalue weighted by Crippen LogP contribution is 2.30. The van der Waals surface area contributed by atoms with E-state index >= 15 is 0 Å². The number of benzene rings is 1. The number of hydrogen-bond acceptors (Lipinski definition) is 6. The summed E-state index contributed by atoms with van der Waals surface area (Å²) < 4.78 is 6.66. The molecule has 0 bridgehead atoms. The van der Waals surface area contributed by atoms with E-state index < -0.39 is 4.92 Å². The molecule has 3 aromatic rings. The van der Waals surface area contributed by atoms with Crippen LogP contribution in [-0.4, -0.2) is 10.8 Å². The van der Waals surface area contributed by atoms with Gasteiger partial charge in [0, 0.05) is 15.6 Å². The van der Waals surface area contributed by atoms with Crippen molar-refractivity contribution in [3.8, 4) is 5.75 Å². The van der Waals surface area contributed by atoms with E-state index in [1.54, 1.807) is 6.07 Å². The summed E-state index contributed by atoms with van der Waals surface area (Å²) in [4.78, 5) is 11.8. The Morgan fingerprint density at radius 2 is 2.09 bits per heavy atom. The smallest absolute Gasteiger partial charge is 0.324 e. The molecule has 3 rings (SSSR count). The zero-order valence-corrected chi connectivity index (χ0v) is 12.9. The van der Waals surface area contributed by atoms with E-state index in [-0.39, 0.29) is 17.4 Å². The number of nitrogen functional groups attached to an aromatic ring is 1. The first kappa shape index (κ1) is 14.5. The second-order valence-electron chi connectivity index (χ2n) is 4.51. The summed E-state index contributed by atoms with van der Waals surface area (Å²) in [6.45, 7) is 0.287. The van der Waals surface area contributed by atoms with Gasteiger partial charge in [0.15, 0.2) is 0 Å². The minimum Gasteiger partial charge on any atom is -0.488 e. The molecule has 0 saturated carbocycles. The molecule has 2 aromatic heterocycles. The van der Waals surface area contributed by atoms with Crippen LogP contribution in [-0.2, 0) is 6.61 Å². The number of hydrogen-bond donors (Lipinski definition) is 2. The van der Waals surface area contributed by atoms with Crippen LogP contribution in [0.2, 0.25) is 0 Å². The Morgan fingerprint density at radius 3 is 2.77 bits per heavy atom. The van der Waals surface area contributed by atoms with Gasteiger partial charge in [0.25, 0.3) is 0 Å². The van der Waals surface area contributed by atoms with Gasteiger partial charge in [-0.25, -0.2) is 0 Å². The zero-order valence-electron chi connectivity index (χ0n) is 11.2. The molecular weight excluding hydrogens is 322 g/mol. The molecule has 22 heavy (non-hydrogen) atoms. The van der Waals surface area contributed by atoms with Crippen molar-refractivity contribution in [1.29, 1.82) is 5.41 Å². The van der Waals surface area contributed by atoms with Gasteiger partial charge in [0.1, 0.15) is 18.2 Å². The van der Waals surface area contributed by atoms with E-state index in [9.17, 15) is 10.1 Å². The van der Waals surface area contributed by atoms with Crippen molar-refractivity contribution in [2.45, 2.75) is 6.61 Å². The molecular formula is C14H11N3O3S2. The maximum absolute atomic E-state index is 10.6. The average molecular weight is 333 g/mol. The molecule has 0 aliphatic rings. The summed E-state index contributed by atoms with van der Waals surface area (Å²) in [6, 6.07) is 10.7. The zero-order chi connectivity index (χ0) is 15.7. The number of nitrogens with one attached hydrogen (secondary N) is 1. The molecule has 0 spiro atoms. The fraction of sp³-hybridized carbons (Fsp3) is 0.0714. The molecule has 0 saturated heterocycles. The second kappa shape index (κ2) is 5.74. The highest BCUT2D eigenvalue weighted by atomic mass is 32.1. The molecule has 2 heterocycles. The summed E-state index contributed by atoms with van der Waals surface area (Å²) in [5.41, 5.74) is 5.49. The lowest BCUT2D eigenvalue weighted by Gasteiger charge is -2.04. The molecule has 0 atom stereocenters. The third-order valence-electron chi connectivity index (χ3n) is 2.97. The van der Waals surface area contributed by atoms with Crippen LogP contribution in [0.4, 0.5) is 5.00 Å². The number of fused-ring (bicyclic) bond motifs is 1. The fourth-order valence-electron chi connectivity index (χ4n) is 1.93. The first-order valence-corrected chi connectivity index (χ1v) is 7.90. The average Bonchev–Trinajstić information content (AvgIpc) is 3.11. The van der Waals surface area contributed by atoms with Gasteiger partial charge in [0.05, 0.1) is 9.80 Å². The Morgan fingerprint density at radius 1 is 1.27 bits per heavy atom. The molecule has 0 amide bonds. The van der Waals surface area contributed by atoms with Crippen molar-refractivity contribution in [1.82, 2.24) is 0 Å². The number of ether oxygens (including phenoxy) is 1. The predicted octanol–water partition coefficient (Wildman–Crippen LogP) is 3.73. The summed E-state index contributed by atoms with van der Waals surface area (Å²) in [6.07, 6.45) is 0. The molecule has 8 heteroatoms. The van der Waals surface area contributed by atoms with Crippen molar-refractivity contribution < 1.29 is 9.66 Å². The van der Waals surface area contributed by atoms with Crippen molar-refractivity contribution in [3.63, 3.8) is 0 Å². The summed E-state index contributed by atoms with van der Waals surface area (Å²) in [5.74, 6) is 0.732. The molecule has 0 aliphatic carbocycles. The molecule has 0 fully saturated rings. The van der Waals surface area contributed by atoms with Gasteiger partial charge >= 0.3 is 5.00 Å². The third-order valence-corrected chi connectivity index (χ3v) is 5.11. The maximum atomic E-state index is 10.6. The first-order chi connectivity index (χ1) is 10.5. The van der Waals surface area contributed by atoms with E-state index in [4.69, 9.17) is 15.9 Å².